The first kappa shape index (κ1) is 11.4. The molecule has 2 unspecified atom stereocenters. The molecule has 1 fully saturated rings. The van der Waals surface area contributed by atoms with Crippen LogP contribution in [0.15, 0.2) is 18.2 Å². The molecule has 2 rings (SSSR count). The summed E-state index contributed by atoms with van der Waals surface area (Å²) in [6.45, 7) is 1.70. The number of methoxy groups -OCH3 is 1. The Bertz CT molecular complexity index is 370. The number of hydrogen-bond acceptors (Lipinski definition) is 3. The first-order valence-corrected chi connectivity index (χ1v) is 5.52. The van der Waals surface area contributed by atoms with E-state index in [0.29, 0.717) is 5.75 Å². The average molecular weight is 224 g/mol. The summed E-state index contributed by atoms with van der Waals surface area (Å²) in [4.78, 5) is 0. The van der Waals surface area contributed by atoms with E-state index < -0.39 is 0 Å². The molecule has 16 heavy (non-hydrogen) atoms. The normalized spacial score (nSPS) is 25.4. The van der Waals surface area contributed by atoms with Gasteiger partial charge < -0.3 is 15.8 Å². The van der Waals surface area contributed by atoms with E-state index in [-0.39, 0.29) is 17.8 Å². The van der Waals surface area contributed by atoms with Gasteiger partial charge in [-0.3, -0.25) is 0 Å². The minimum absolute atomic E-state index is 0.0666. The van der Waals surface area contributed by atoms with Crippen LogP contribution >= 0.6 is 0 Å². The van der Waals surface area contributed by atoms with Crippen molar-refractivity contribution >= 4 is 0 Å². The molecule has 0 bridgehead atoms. The van der Waals surface area contributed by atoms with Gasteiger partial charge in [-0.2, -0.15) is 0 Å². The molecule has 1 saturated heterocycles. The minimum Gasteiger partial charge on any atom is -0.496 e. The molecule has 0 saturated carbocycles. The van der Waals surface area contributed by atoms with Crippen LogP contribution in [0.1, 0.15) is 17.9 Å². The van der Waals surface area contributed by atoms with E-state index in [1.807, 2.05) is 0 Å². The number of benzene rings is 1. The summed E-state index contributed by atoms with van der Waals surface area (Å²) in [5.41, 5.74) is 6.93. The fraction of sp³-hybridized carbons (Fsp3) is 0.500. The number of hydrogen-bond donors (Lipinski definition) is 2. The number of nitrogens with one attached hydrogen (secondary N) is 1. The second kappa shape index (κ2) is 4.80. The first-order chi connectivity index (χ1) is 7.72. The lowest BCUT2D eigenvalue weighted by Crippen LogP contribution is -2.43. The van der Waals surface area contributed by atoms with Crippen molar-refractivity contribution in [2.45, 2.75) is 18.4 Å². The summed E-state index contributed by atoms with van der Waals surface area (Å²) in [6, 6.07) is 4.66. The lowest BCUT2D eigenvalue weighted by atomic mass is 9.87. The largest absolute Gasteiger partial charge is 0.496 e. The van der Waals surface area contributed by atoms with Crippen LogP contribution in [0.25, 0.3) is 0 Å². The van der Waals surface area contributed by atoms with Crippen LogP contribution in [0.5, 0.6) is 5.75 Å². The Morgan fingerprint density at radius 1 is 1.50 bits per heavy atom. The molecule has 0 spiro atoms. The lowest BCUT2D eigenvalue weighted by molar-refractivity contribution is 0.370. The van der Waals surface area contributed by atoms with Gasteiger partial charge in [0.25, 0.3) is 0 Å². The van der Waals surface area contributed by atoms with E-state index in [1.54, 1.807) is 13.2 Å². The van der Waals surface area contributed by atoms with Gasteiger partial charge in [0.1, 0.15) is 11.6 Å². The summed E-state index contributed by atoms with van der Waals surface area (Å²) in [5, 5.41) is 3.28. The molecule has 88 valence electrons. The summed E-state index contributed by atoms with van der Waals surface area (Å²) in [7, 11) is 1.60. The first-order valence-electron chi connectivity index (χ1n) is 5.52. The van der Waals surface area contributed by atoms with Gasteiger partial charge in [-0.05, 0) is 31.2 Å². The van der Waals surface area contributed by atoms with Crippen LogP contribution in [0.2, 0.25) is 0 Å². The molecule has 1 heterocycles. The third-order valence-corrected chi connectivity index (χ3v) is 3.13. The number of rotatable bonds is 2. The number of halogens is 1. The fourth-order valence-electron chi connectivity index (χ4n) is 2.21. The molecule has 1 aliphatic rings. The zero-order valence-corrected chi connectivity index (χ0v) is 9.37. The highest BCUT2D eigenvalue weighted by atomic mass is 19.1. The van der Waals surface area contributed by atoms with Crippen molar-refractivity contribution in [3.63, 3.8) is 0 Å². The second-order valence-corrected chi connectivity index (χ2v) is 4.15. The predicted molar refractivity (Wildman–Crippen MR) is 61.2 cm³/mol. The van der Waals surface area contributed by atoms with Gasteiger partial charge in [-0.1, -0.05) is 0 Å². The van der Waals surface area contributed by atoms with Crippen molar-refractivity contribution in [3.05, 3.63) is 29.6 Å². The molecule has 4 heteroatoms. The Hall–Kier alpha value is -1.13. The maximum atomic E-state index is 13.2. The van der Waals surface area contributed by atoms with E-state index in [9.17, 15) is 4.39 Å². The highest BCUT2D eigenvalue weighted by Gasteiger charge is 2.26. The molecule has 1 aliphatic heterocycles. The van der Waals surface area contributed by atoms with Crippen LogP contribution in [0.3, 0.4) is 0 Å². The number of ether oxygens (including phenoxy) is 1. The van der Waals surface area contributed by atoms with Crippen LogP contribution in [-0.2, 0) is 0 Å². The molecule has 3 nitrogen and oxygen atoms in total. The van der Waals surface area contributed by atoms with Crippen LogP contribution < -0.4 is 15.8 Å². The van der Waals surface area contributed by atoms with Gasteiger partial charge in [0.15, 0.2) is 0 Å². The van der Waals surface area contributed by atoms with E-state index in [0.717, 1.165) is 25.1 Å². The SMILES string of the molecule is COc1ccc(F)cc1C1CNCCC1N. The second-order valence-electron chi connectivity index (χ2n) is 4.15. The van der Waals surface area contributed by atoms with Gasteiger partial charge >= 0.3 is 0 Å². The van der Waals surface area contributed by atoms with Crippen molar-refractivity contribution in [1.29, 1.82) is 0 Å². The fourth-order valence-corrected chi connectivity index (χ4v) is 2.21. The van der Waals surface area contributed by atoms with E-state index in [4.69, 9.17) is 10.5 Å². The van der Waals surface area contributed by atoms with Crippen LogP contribution in [0.4, 0.5) is 4.39 Å². The highest BCUT2D eigenvalue weighted by Crippen LogP contribution is 2.31. The van der Waals surface area contributed by atoms with Gasteiger partial charge in [-0.25, -0.2) is 4.39 Å². The monoisotopic (exact) mass is 224 g/mol. The van der Waals surface area contributed by atoms with E-state index in [1.165, 1.54) is 12.1 Å². The van der Waals surface area contributed by atoms with Crippen molar-refractivity contribution < 1.29 is 9.13 Å². The summed E-state index contributed by atoms with van der Waals surface area (Å²) in [6.07, 6.45) is 0.907. The summed E-state index contributed by atoms with van der Waals surface area (Å²) in [5.74, 6) is 0.596. The molecule has 1 aromatic carbocycles. The molecule has 0 aliphatic carbocycles. The van der Waals surface area contributed by atoms with Crippen molar-refractivity contribution in [2.24, 2.45) is 5.73 Å². The van der Waals surface area contributed by atoms with Crippen LogP contribution in [-0.4, -0.2) is 26.2 Å². The number of nitrogens with two attached hydrogens (primary N) is 1. The Balaban J connectivity index is 2.33. The van der Waals surface area contributed by atoms with E-state index >= 15 is 0 Å². The maximum Gasteiger partial charge on any atom is 0.123 e. The summed E-state index contributed by atoms with van der Waals surface area (Å²) >= 11 is 0. The highest BCUT2D eigenvalue weighted by molar-refractivity contribution is 5.38. The summed E-state index contributed by atoms with van der Waals surface area (Å²) < 4.78 is 18.5. The third-order valence-electron chi connectivity index (χ3n) is 3.13. The van der Waals surface area contributed by atoms with Gasteiger partial charge in [0.05, 0.1) is 7.11 Å². The van der Waals surface area contributed by atoms with Crippen molar-refractivity contribution in [1.82, 2.24) is 5.32 Å². The average Bonchev–Trinajstić information content (AvgIpc) is 2.29. The molecular weight excluding hydrogens is 207 g/mol. The third kappa shape index (κ3) is 2.18. The van der Waals surface area contributed by atoms with Crippen molar-refractivity contribution in [2.75, 3.05) is 20.2 Å². The topological polar surface area (TPSA) is 47.3 Å². The minimum atomic E-state index is -0.242. The Morgan fingerprint density at radius 2 is 2.31 bits per heavy atom. The molecule has 1 aromatic rings. The molecule has 3 N–H and O–H groups in total. The Labute approximate surface area is 94.8 Å². The van der Waals surface area contributed by atoms with Gasteiger partial charge in [0, 0.05) is 24.1 Å². The van der Waals surface area contributed by atoms with Crippen molar-refractivity contribution in [3.8, 4) is 5.75 Å². The number of piperidine rings is 1. The quantitative estimate of drug-likeness (QED) is 0.794. The van der Waals surface area contributed by atoms with Gasteiger partial charge in [0.2, 0.25) is 0 Å². The lowest BCUT2D eigenvalue weighted by Gasteiger charge is -2.30. The molecule has 0 amide bonds. The maximum absolute atomic E-state index is 13.2. The van der Waals surface area contributed by atoms with E-state index in [2.05, 4.69) is 5.32 Å². The standard InChI is InChI=1S/C12H17FN2O/c1-16-12-3-2-8(13)6-9(12)10-7-15-5-4-11(10)14/h2-3,6,10-11,15H,4-5,7,14H2,1H3. The molecule has 0 radical (unpaired) electrons. The molecular formula is C12H17FN2O. The molecule has 0 aromatic heterocycles. The van der Waals surface area contributed by atoms with Gasteiger partial charge in [-0.15, -0.1) is 0 Å². The zero-order chi connectivity index (χ0) is 11.5. The van der Waals surface area contributed by atoms with Crippen LogP contribution in [0, 0.1) is 5.82 Å². The Kier molecular flexibility index (Phi) is 3.41. The Morgan fingerprint density at radius 3 is 3.00 bits per heavy atom. The smallest absolute Gasteiger partial charge is 0.123 e. The zero-order valence-electron chi connectivity index (χ0n) is 9.37. The molecule has 2 atom stereocenters. The predicted octanol–water partition coefficient (Wildman–Crippen LogP) is 1.24.